The Bertz CT molecular complexity index is 357. The Morgan fingerprint density at radius 2 is 2.21 bits per heavy atom. The minimum Gasteiger partial charge on any atom is -0.390 e. The van der Waals surface area contributed by atoms with Gasteiger partial charge in [0.1, 0.15) is 0 Å². The van der Waals surface area contributed by atoms with Gasteiger partial charge in [-0.1, -0.05) is 11.6 Å². The highest BCUT2D eigenvalue weighted by Gasteiger charge is 2.34. The van der Waals surface area contributed by atoms with Crippen molar-refractivity contribution in [3.05, 3.63) is 28.8 Å². The molecule has 0 fully saturated rings. The number of halogens is 1. The van der Waals surface area contributed by atoms with E-state index in [1.165, 1.54) is 10.5 Å². The molecular weight excluding hydrogens is 216 g/mol. The van der Waals surface area contributed by atoms with E-state index in [0.717, 1.165) is 10.8 Å². The molecule has 0 aliphatic carbocycles. The first-order valence-electron chi connectivity index (χ1n) is 4.63. The third-order valence-corrected chi connectivity index (χ3v) is 4.02. The zero-order chi connectivity index (χ0) is 10.3. The molecule has 2 rings (SSSR count). The summed E-state index contributed by atoms with van der Waals surface area (Å²) < 4.78 is 0. The topological polar surface area (TPSA) is 20.2 Å². The fourth-order valence-electron chi connectivity index (χ4n) is 1.77. The molecule has 1 aromatic rings. The Morgan fingerprint density at radius 3 is 2.86 bits per heavy atom. The van der Waals surface area contributed by atoms with Crippen molar-refractivity contribution in [2.75, 3.05) is 5.75 Å². The largest absolute Gasteiger partial charge is 0.390 e. The summed E-state index contributed by atoms with van der Waals surface area (Å²) in [6, 6.07) is 5.91. The van der Waals surface area contributed by atoms with Crippen LogP contribution in [0.25, 0.3) is 0 Å². The van der Waals surface area contributed by atoms with Gasteiger partial charge in [0.05, 0.1) is 5.60 Å². The summed E-state index contributed by atoms with van der Waals surface area (Å²) in [5.74, 6) is 1.14. The van der Waals surface area contributed by atoms with Crippen molar-refractivity contribution in [1.29, 1.82) is 0 Å². The van der Waals surface area contributed by atoms with Crippen molar-refractivity contribution in [3.63, 3.8) is 0 Å². The number of aliphatic hydroxyl groups is 1. The van der Waals surface area contributed by atoms with Crippen molar-refractivity contribution in [1.82, 2.24) is 0 Å². The molecule has 0 aromatic heterocycles. The smallest absolute Gasteiger partial charge is 0.0668 e. The van der Waals surface area contributed by atoms with Gasteiger partial charge in [0.25, 0.3) is 0 Å². The average molecular weight is 229 g/mol. The van der Waals surface area contributed by atoms with Crippen LogP contribution in [-0.4, -0.2) is 16.5 Å². The summed E-state index contributed by atoms with van der Waals surface area (Å²) in [5.41, 5.74) is 0.526. The molecule has 0 saturated carbocycles. The standard InChI is InChI=1S/C11H13ClOS/c1-11(2,13)9-6-14-10-4-3-7(12)5-8(9)10/h3-5,9,13H,6H2,1-2H3. The number of benzene rings is 1. The lowest BCUT2D eigenvalue weighted by Gasteiger charge is -2.25. The molecule has 1 nitrogen and oxygen atoms in total. The summed E-state index contributed by atoms with van der Waals surface area (Å²) in [6.45, 7) is 3.71. The zero-order valence-electron chi connectivity index (χ0n) is 8.25. The van der Waals surface area contributed by atoms with Gasteiger partial charge in [0, 0.05) is 21.6 Å². The van der Waals surface area contributed by atoms with Gasteiger partial charge >= 0.3 is 0 Å². The molecule has 0 saturated heterocycles. The normalized spacial score (nSPS) is 21.0. The van der Waals surface area contributed by atoms with E-state index in [0.29, 0.717) is 0 Å². The second-order valence-electron chi connectivity index (χ2n) is 4.20. The van der Waals surface area contributed by atoms with Gasteiger partial charge in [-0.2, -0.15) is 0 Å². The maximum absolute atomic E-state index is 10.00. The quantitative estimate of drug-likeness (QED) is 0.796. The highest BCUT2D eigenvalue weighted by Crippen LogP contribution is 2.45. The maximum atomic E-state index is 10.00. The molecule has 3 heteroatoms. The van der Waals surface area contributed by atoms with Gasteiger partial charge in [0.15, 0.2) is 0 Å². The van der Waals surface area contributed by atoms with Crippen LogP contribution in [0, 0.1) is 0 Å². The second kappa shape index (κ2) is 3.44. The predicted octanol–water partition coefficient (Wildman–Crippen LogP) is 3.30. The molecule has 0 radical (unpaired) electrons. The van der Waals surface area contributed by atoms with Crippen LogP contribution in [-0.2, 0) is 0 Å². The van der Waals surface area contributed by atoms with Gasteiger partial charge in [-0.05, 0) is 37.6 Å². The van der Waals surface area contributed by atoms with Crippen LogP contribution >= 0.6 is 23.4 Å². The first-order chi connectivity index (χ1) is 6.48. The van der Waals surface area contributed by atoms with Crippen molar-refractivity contribution in [3.8, 4) is 0 Å². The van der Waals surface area contributed by atoms with Crippen LogP contribution in [0.15, 0.2) is 23.1 Å². The summed E-state index contributed by atoms with van der Waals surface area (Å²) in [5, 5.41) is 10.7. The Labute approximate surface area is 93.5 Å². The monoisotopic (exact) mass is 228 g/mol. The van der Waals surface area contributed by atoms with Crippen LogP contribution in [0.2, 0.25) is 5.02 Å². The predicted molar refractivity (Wildman–Crippen MR) is 61.2 cm³/mol. The minimum absolute atomic E-state index is 0.196. The Hall–Kier alpha value is -0.180. The summed E-state index contributed by atoms with van der Waals surface area (Å²) in [4.78, 5) is 1.25. The summed E-state index contributed by atoms with van der Waals surface area (Å²) in [6.07, 6.45) is 0. The van der Waals surface area contributed by atoms with E-state index >= 15 is 0 Å². The fraction of sp³-hybridized carbons (Fsp3) is 0.455. The minimum atomic E-state index is -0.664. The zero-order valence-corrected chi connectivity index (χ0v) is 9.82. The Balaban J connectivity index is 2.43. The van der Waals surface area contributed by atoms with E-state index in [1.54, 1.807) is 11.8 Å². The van der Waals surface area contributed by atoms with Crippen LogP contribution in [0.3, 0.4) is 0 Å². The number of fused-ring (bicyclic) bond motifs is 1. The van der Waals surface area contributed by atoms with Crippen molar-refractivity contribution >= 4 is 23.4 Å². The fourth-order valence-corrected chi connectivity index (χ4v) is 3.42. The number of hydrogen-bond donors (Lipinski definition) is 1. The SMILES string of the molecule is CC(C)(O)C1CSc2ccc(Cl)cc21. The third-order valence-electron chi connectivity index (χ3n) is 2.61. The first kappa shape index (κ1) is 10.3. The molecule has 0 bridgehead atoms. The lowest BCUT2D eigenvalue weighted by Crippen LogP contribution is -2.28. The maximum Gasteiger partial charge on any atom is 0.0668 e. The molecule has 0 amide bonds. The van der Waals surface area contributed by atoms with Gasteiger partial charge in [-0.15, -0.1) is 11.8 Å². The van der Waals surface area contributed by atoms with E-state index in [1.807, 2.05) is 32.0 Å². The Kier molecular flexibility index (Phi) is 2.54. The summed E-state index contributed by atoms with van der Waals surface area (Å²) >= 11 is 7.74. The Morgan fingerprint density at radius 1 is 1.50 bits per heavy atom. The van der Waals surface area contributed by atoms with E-state index < -0.39 is 5.60 Å². The van der Waals surface area contributed by atoms with Crippen LogP contribution < -0.4 is 0 Å². The highest BCUT2D eigenvalue weighted by molar-refractivity contribution is 7.99. The molecule has 1 heterocycles. The lowest BCUT2D eigenvalue weighted by molar-refractivity contribution is 0.0578. The molecule has 1 unspecified atom stereocenters. The average Bonchev–Trinajstić information content (AvgIpc) is 2.45. The first-order valence-corrected chi connectivity index (χ1v) is 5.99. The van der Waals surface area contributed by atoms with Crippen LogP contribution in [0.1, 0.15) is 25.3 Å². The third kappa shape index (κ3) is 1.79. The summed E-state index contributed by atoms with van der Waals surface area (Å²) in [7, 11) is 0. The molecule has 1 atom stereocenters. The number of hydrogen-bond acceptors (Lipinski definition) is 2. The van der Waals surface area contributed by atoms with Crippen molar-refractivity contribution in [2.45, 2.75) is 30.3 Å². The van der Waals surface area contributed by atoms with Crippen LogP contribution in [0.5, 0.6) is 0 Å². The van der Waals surface area contributed by atoms with E-state index in [-0.39, 0.29) is 5.92 Å². The van der Waals surface area contributed by atoms with E-state index in [4.69, 9.17) is 11.6 Å². The second-order valence-corrected chi connectivity index (χ2v) is 5.70. The van der Waals surface area contributed by atoms with Gasteiger partial charge in [0.2, 0.25) is 0 Å². The molecule has 1 aromatic carbocycles. The number of thioether (sulfide) groups is 1. The van der Waals surface area contributed by atoms with Gasteiger partial charge < -0.3 is 5.11 Å². The van der Waals surface area contributed by atoms with Crippen molar-refractivity contribution in [2.24, 2.45) is 0 Å². The molecule has 1 aliphatic rings. The molecule has 1 aliphatic heterocycles. The van der Waals surface area contributed by atoms with Gasteiger partial charge in [-0.25, -0.2) is 0 Å². The van der Waals surface area contributed by atoms with Crippen LogP contribution in [0.4, 0.5) is 0 Å². The van der Waals surface area contributed by atoms with Gasteiger partial charge in [-0.3, -0.25) is 0 Å². The van der Waals surface area contributed by atoms with E-state index in [9.17, 15) is 5.11 Å². The molecule has 1 N–H and O–H groups in total. The van der Waals surface area contributed by atoms with E-state index in [2.05, 4.69) is 0 Å². The highest BCUT2D eigenvalue weighted by atomic mass is 35.5. The number of rotatable bonds is 1. The lowest BCUT2D eigenvalue weighted by atomic mass is 9.86. The molecule has 14 heavy (non-hydrogen) atoms. The molecule has 0 spiro atoms. The van der Waals surface area contributed by atoms with Crippen molar-refractivity contribution < 1.29 is 5.11 Å². The molecule has 76 valence electrons. The molecular formula is C11H13ClOS.